The standard InChI is InChI=1S/C21H28N4O/c1-16(2)14-19(26)24-11-8-21(9-12-24)20-22-10-13-25(20)18-7-5-4-6-17(18)15-23(21)3/h4-7,10,13,16H,8-9,11-12,14-15H2,1-3H3. The normalized spacial score (nSPS) is 19.3. The molecule has 0 N–H and O–H groups in total. The van der Waals surface area contributed by atoms with Crippen molar-refractivity contribution in [1.29, 1.82) is 0 Å². The van der Waals surface area contributed by atoms with Crippen LogP contribution in [0.5, 0.6) is 0 Å². The summed E-state index contributed by atoms with van der Waals surface area (Å²) in [6.45, 7) is 6.73. The molecular weight excluding hydrogens is 324 g/mol. The van der Waals surface area contributed by atoms with E-state index < -0.39 is 0 Å². The largest absolute Gasteiger partial charge is 0.343 e. The number of hydrogen-bond acceptors (Lipinski definition) is 3. The van der Waals surface area contributed by atoms with Crippen LogP contribution in [0.25, 0.3) is 5.69 Å². The third-order valence-corrected chi connectivity index (χ3v) is 5.97. The maximum absolute atomic E-state index is 12.5. The highest BCUT2D eigenvalue weighted by molar-refractivity contribution is 5.76. The van der Waals surface area contributed by atoms with Crippen LogP contribution < -0.4 is 0 Å². The van der Waals surface area contributed by atoms with Crippen molar-refractivity contribution in [2.45, 2.75) is 45.2 Å². The Balaban J connectivity index is 1.65. The fourth-order valence-corrected chi connectivity index (χ4v) is 4.51. The molecule has 3 heterocycles. The Kier molecular flexibility index (Phi) is 4.35. The number of hydrogen-bond donors (Lipinski definition) is 0. The molecule has 2 aliphatic heterocycles. The molecule has 0 atom stereocenters. The minimum Gasteiger partial charge on any atom is -0.343 e. The molecule has 138 valence electrons. The van der Waals surface area contributed by atoms with Gasteiger partial charge in [0.05, 0.1) is 11.2 Å². The number of piperidine rings is 1. The minimum absolute atomic E-state index is 0.114. The number of nitrogens with zero attached hydrogens (tertiary/aromatic N) is 4. The van der Waals surface area contributed by atoms with Crippen LogP contribution in [0.4, 0.5) is 0 Å². The van der Waals surface area contributed by atoms with E-state index in [9.17, 15) is 4.79 Å². The number of rotatable bonds is 2. The van der Waals surface area contributed by atoms with Crippen LogP contribution in [0.3, 0.4) is 0 Å². The molecule has 1 aromatic carbocycles. The monoisotopic (exact) mass is 352 g/mol. The van der Waals surface area contributed by atoms with Gasteiger partial charge in [0.15, 0.2) is 0 Å². The Morgan fingerprint density at radius 1 is 1.23 bits per heavy atom. The molecule has 1 spiro atoms. The summed E-state index contributed by atoms with van der Waals surface area (Å²) < 4.78 is 2.25. The van der Waals surface area contributed by atoms with Gasteiger partial charge in [0.2, 0.25) is 5.91 Å². The highest BCUT2D eigenvalue weighted by Crippen LogP contribution is 2.41. The Bertz CT molecular complexity index is 802. The molecule has 26 heavy (non-hydrogen) atoms. The molecule has 2 aliphatic rings. The van der Waals surface area contributed by atoms with Gasteiger partial charge in [-0.05, 0) is 37.4 Å². The SMILES string of the molecule is CC(C)CC(=O)N1CCC2(CC1)c1nccn1-c1ccccc1CN2C. The molecule has 0 bridgehead atoms. The van der Waals surface area contributed by atoms with Crippen molar-refractivity contribution in [3.05, 3.63) is 48.0 Å². The van der Waals surface area contributed by atoms with E-state index in [0.717, 1.165) is 38.3 Å². The maximum atomic E-state index is 12.5. The molecule has 5 heteroatoms. The molecular formula is C21H28N4O. The number of para-hydroxylation sites is 1. The molecule has 1 fully saturated rings. The lowest BCUT2D eigenvalue weighted by Crippen LogP contribution is -2.53. The maximum Gasteiger partial charge on any atom is 0.222 e. The smallest absolute Gasteiger partial charge is 0.222 e. The van der Waals surface area contributed by atoms with Crippen LogP contribution in [-0.2, 0) is 16.9 Å². The van der Waals surface area contributed by atoms with E-state index in [1.807, 2.05) is 11.1 Å². The van der Waals surface area contributed by atoms with Gasteiger partial charge < -0.3 is 9.47 Å². The number of amides is 1. The van der Waals surface area contributed by atoms with E-state index in [1.165, 1.54) is 11.3 Å². The van der Waals surface area contributed by atoms with Crippen molar-refractivity contribution in [1.82, 2.24) is 19.4 Å². The van der Waals surface area contributed by atoms with E-state index in [-0.39, 0.29) is 11.4 Å². The van der Waals surface area contributed by atoms with E-state index in [2.05, 4.69) is 60.8 Å². The van der Waals surface area contributed by atoms with Crippen molar-refractivity contribution in [2.24, 2.45) is 5.92 Å². The van der Waals surface area contributed by atoms with Crippen LogP contribution in [0.15, 0.2) is 36.7 Å². The summed E-state index contributed by atoms with van der Waals surface area (Å²) >= 11 is 0. The molecule has 2 aromatic rings. The Hall–Kier alpha value is -2.14. The molecule has 1 amide bonds. The van der Waals surface area contributed by atoms with Gasteiger partial charge in [-0.25, -0.2) is 4.98 Å². The number of benzene rings is 1. The molecule has 0 radical (unpaired) electrons. The summed E-state index contributed by atoms with van der Waals surface area (Å²) in [6, 6.07) is 8.58. The zero-order chi connectivity index (χ0) is 18.3. The first-order valence-electron chi connectivity index (χ1n) is 9.62. The van der Waals surface area contributed by atoms with Gasteiger partial charge >= 0.3 is 0 Å². The lowest BCUT2D eigenvalue weighted by atomic mass is 9.84. The lowest BCUT2D eigenvalue weighted by molar-refractivity contribution is -0.135. The van der Waals surface area contributed by atoms with Crippen molar-refractivity contribution < 1.29 is 4.79 Å². The van der Waals surface area contributed by atoms with Gasteiger partial charge in [0.25, 0.3) is 0 Å². The van der Waals surface area contributed by atoms with Crippen LogP contribution in [0, 0.1) is 5.92 Å². The second-order valence-electron chi connectivity index (χ2n) is 8.12. The predicted molar refractivity (Wildman–Crippen MR) is 102 cm³/mol. The van der Waals surface area contributed by atoms with E-state index in [1.54, 1.807) is 0 Å². The second kappa shape index (κ2) is 6.54. The third-order valence-electron chi connectivity index (χ3n) is 5.97. The molecule has 5 nitrogen and oxygen atoms in total. The zero-order valence-electron chi connectivity index (χ0n) is 16.0. The van der Waals surface area contributed by atoms with Gasteiger partial charge in [-0.15, -0.1) is 0 Å². The Morgan fingerprint density at radius 2 is 1.96 bits per heavy atom. The Labute approximate surface area is 155 Å². The van der Waals surface area contributed by atoms with E-state index >= 15 is 0 Å². The van der Waals surface area contributed by atoms with Crippen molar-refractivity contribution in [3.63, 3.8) is 0 Å². The van der Waals surface area contributed by atoms with Crippen molar-refractivity contribution >= 4 is 5.91 Å². The topological polar surface area (TPSA) is 41.4 Å². The molecule has 0 saturated carbocycles. The van der Waals surface area contributed by atoms with E-state index in [4.69, 9.17) is 4.98 Å². The molecule has 0 aliphatic carbocycles. The summed E-state index contributed by atoms with van der Waals surface area (Å²) in [5, 5.41) is 0. The molecule has 0 unspecified atom stereocenters. The van der Waals surface area contributed by atoms with Crippen LogP contribution in [-0.4, -0.2) is 45.4 Å². The highest BCUT2D eigenvalue weighted by Gasteiger charge is 2.45. The van der Waals surface area contributed by atoms with E-state index in [0.29, 0.717) is 12.3 Å². The van der Waals surface area contributed by atoms with Gasteiger partial charge in [0, 0.05) is 38.4 Å². The van der Waals surface area contributed by atoms with Crippen LogP contribution in [0.2, 0.25) is 0 Å². The van der Waals surface area contributed by atoms with Crippen molar-refractivity contribution in [2.75, 3.05) is 20.1 Å². The molecule has 4 rings (SSSR count). The minimum atomic E-state index is -0.114. The lowest BCUT2D eigenvalue weighted by Gasteiger charge is -2.46. The van der Waals surface area contributed by atoms with Gasteiger partial charge in [-0.2, -0.15) is 0 Å². The Morgan fingerprint density at radius 3 is 2.69 bits per heavy atom. The number of imidazole rings is 1. The summed E-state index contributed by atoms with van der Waals surface area (Å²) in [5.74, 6) is 1.81. The average molecular weight is 352 g/mol. The first-order chi connectivity index (χ1) is 12.5. The fourth-order valence-electron chi connectivity index (χ4n) is 4.51. The van der Waals surface area contributed by atoms with Crippen molar-refractivity contribution in [3.8, 4) is 5.69 Å². The molecule has 1 aromatic heterocycles. The molecule has 1 saturated heterocycles. The average Bonchev–Trinajstić information content (AvgIpc) is 3.08. The summed E-state index contributed by atoms with van der Waals surface area (Å²) in [5.41, 5.74) is 2.43. The van der Waals surface area contributed by atoms with Gasteiger partial charge in [-0.3, -0.25) is 9.69 Å². The number of aromatic nitrogens is 2. The van der Waals surface area contributed by atoms with Crippen LogP contribution >= 0.6 is 0 Å². The predicted octanol–water partition coefficient (Wildman–Crippen LogP) is 3.18. The number of likely N-dealkylation sites (tertiary alicyclic amines) is 1. The summed E-state index contributed by atoms with van der Waals surface area (Å²) in [6.07, 6.45) is 6.48. The quantitative estimate of drug-likeness (QED) is 0.833. The van der Waals surface area contributed by atoms with Gasteiger partial charge in [0.1, 0.15) is 5.82 Å². The van der Waals surface area contributed by atoms with Gasteiger partial charge in [-0.1, -0.05) is 32.0 Å². The first kappa shape index (κ1) is 17.3. The number of fused-ring (bicyclic) bond motifs is 4. The first-order valence-corrected chi connectivity index (χ1v) is 9.62. The second-order valence-corrected chi connectivity index (χ2v) is 8.12. The number of carbonyl (C=O) groups excluding carboxylic acids is 1. The zero-order valence-corrected chi connectivity index (χ0v) is 16.0. The summed E-state index contributed by atoms with van der Waals surface area (Å²) in [7, 11) is 2.20. The van der Waals surface area contributed by atoms with Crippen LogP contribution in [0.1, 0.15) is 44.5 Å². The summed E-state index contributed by atoms with van der Waals surface area (Å²) in [4.78, 5) is 21.8. The number of carbonyl (C=O) groups is 1. The highest BCUT2D eigenvalue weighted by atomic mass is 16.2. The fraction of sp³-hybridized carbons (Fsp3) is 0.524. The third kappa shape index (κ3) is 2.75.